The highest BCUT2D eigenvalue weighted by molar-refractivity contribution is 7.80. The number of hydrogen-bond donors (Lipinski definition) is 1. The van der Waals surface area contributed by atoms with Crippen molar-refractivity contribution in [3.8, 4) is 0 Å². The molecule has 9 heteroatoms. The van der Waals surface area contributed by atoms with E-state index < -0.39 is 29.6 Å². The molecule has 0 saturated carbocycles. The van der Waals surface area contributed by atoms with Gasteiger partial charge >= 0.3 is 0 Å². The number of hydrogen-bond acceptors (Lipinski definition) is 6. The first kappa shape index (κ1) is 22.1. The number of nitrogens with one attached hydrogen (secondary N) is 1. The van der Waals surface area contributed by atoms with E-state index in [0.717, 1.165) is 0 Å². The molecule has 34 heavy (non-hydrogen) atoms. The van der Waals surface area contributed by atoms with E-state index in [1.165, 1.54) is 11.1 Å². The number of halogens is 1. The Labute approximate surface area is 204 Å². The lowest BCUT2D eigenvalue weighted by Crippen LogP contribution is -2.58. The highest BCUT2D eigenvalue weighted by Crippen LogP contribution is 2.35. The first-order chi connectivity index (χ1) is 16.3. The number of ketones is 2. The van der Waals surface area contributed by atoms with Crippen LogP contribution in [0.5, 0.6) is 0 Å². The second-order valence-electron chi connectivity index (χ2n) is 7.98. The van der Waals surface area contributed by atoms with Gasteiger partial charge in [0.05, 0.1) is 23.2 Å². The zero-order chi connectivity index (χ0) is 24.0. The summed E-state index contributed by atoms with van der Waals surface area (Å²) >= 11 is 11.1. The molecular formula is C25H16ClN3O4S. The lowest BCUT2D eigenvalue weighted by Gasteiger charge is -2.31. The molecule has 0 unspecified atom stereocenters. The van der Waals surface area contributed by atoms with Crippen LogP contribution in [-0.4, -0.2) is 34.7 Å². The molecule has 168 valence electrons. The molecule has 5 rings (SSSR count). The van der Waals surface area contributed by atoms with Crippen LogP contribution >= 0.6 is 23.8 Å². The van der Waals surface area contributed by atoms with Crippen molar-refractivity contribution in [2.24, 2.45) is 22.7 Å². The normalized spacial score (nSPS) is 24.1. The Hall–Kier alpha value is -3.75. The largest absolute Gasteiger partial charge is 0.301 e. The van der Waals surface area contributed by atoms with Crippen molar-refractivity contribution in [2.45, 2.75) is 0 Å². The van der Waals surface area contributed by atoms with Crippen molar-refractivity contribution in [1.82, 2.24) is 5.32 Å². The zero-order valence-electron chi connectivity index (χ0n) is 17.5. The maximum absolute atomic E-state index is 13.1. The molecule has 2 amide bonds. The van der Waals surface area contributed by atoms with Crippen molar-refractivity contribution < 1.29 is 19.2 Å². The fraction of sp³-hybridized carbons (Fsp3) is 0.120. The van der Waals surface area contributed by atoms with E-state index in [0.29, 0.717) is 27.5 Å². The Bertz CT molecular complexity index is 1360. The fourth-order valence-electron chi connectivity index (χ4n) is 4.23. The van der Waals surface area contributed by atoms with Gasteiger partial charge in [0, 0.05) is 22.4 Å². The van der Waals surface area contributed by atoms with Crippen molar-refractivity contribution in [3.63, 3.8) is 0 Å². The van der Waals surface area contributed by atoms with Gasteiger partial charge in [-0.1, -0.05) is 41.9 Å². The van der Waals surface area contributed by atoms with Gasteiger partial charge in [0.15, 0.2) is 22.6 Å². The van der Waals surface area contributed by atoms with Gasteiger partial charge in [-0.05, 0) is 48.6 Å². The molecule has 1 heterocycles. The smallest absolute Gasteiger partial charge is 0.251 e. The summed E-state index contributed by atoms with van der Waals surface area (Å²) < 4.78 is 0. The number of aliphatic imine (C=N–C) groups is 1. The van der Waals surface area contributed by atoms with Crippen LogP contribution in [0.2, 0.25) is 5.02 Å². The third-order valence-electron chi connectivity index (χ3n) is 5.93. The topological polar surface area (TPSA) is 95.9 Å². The lowest BCUT2D eigenvalue weighted by molar-refractivity contribution is -0.130. The van der Waals surface area contributed by atoms with E-state index in [9.17, 15) is 19.2 Å². The van der Waals surface area contributed by atoms with E-state index in [1.807, 2.05) is 0 Å². The van der Waals surface area contributed by atoms with Gasteiger partial charge in [-0.25, -0.2) is 0 Å². The maximum Gasteiger partial charge on any atom is 0.251 e. The molecule has 0 radical (unpaired) electrons. The van der Waals surface area contributed by atoms with Crippen molar-refractivity contribution in [2.75, 3.05) is 4.90 Å². The molecule has 0 aromatic heterocycles. The van der Waals surface area contributed by atoms with E-state index in [2.05, 4.69) is 10.3 Å². The van der Waals surface area contributed by atoms with E-state index in [-0.39, 0.29) is 16.7 Å². The molecule has 2 aromatic carbocycles. The number of fused-ring (bicyclic) bond motifs is 2. The minimum Gasteiger partial charge on any atom is -0.301 e. The Morgan fingerprint density at radius 1 is 0.941 bits per heavy atom. The molecular weight excluding hydrogens is 474 g/mol. The number of carbonyl (C=O) groups is 4. The quantitative estimate of drug-likeness (QED) is 0.404. The number of amides is 2. The molecule has 7 nitrogen and oxygen atoms in total. The predicted molar refractivity (Wildman–Crippen MR) is 131 cm³/mol. The molecule has 0 spiro atoms. The number of benzene rings is 2. The highest BCUT2D eigenvalue weighted by atomic mass is 35.5. The fourth-order valence-corrected chi connectivity index (χ4v) is 4.65. The molecule has 2 aromatic rings. The van der Waals surface area contributed by atoms with Gasteiger partial charge in [-0.2, -0.15) is 0 Å². The number of allylic oxidation sites excluding steroid dienone is 3. The SMILES string of the molecule is O=C1NC(=S)N(c2ccc(Cl)cc2)C(=O)[C@@H]1C=NC1=C[C@H]2C(=O)c3ccccc3C(=O)[C@H]2C=C1. The highest BCUT2D eigenvalue weighted by Gasteiger charge is 2.41. The summed E-state index contributed by atoms with van der Waals surface area (Å²) in [6.45, 7) is 0. The summed E-state index contributed by atoms with van der Waals surface area (Å²) in [6.07, 6.45) is 6.08. The Balaban J connectivity index is 1.41. The number of carbonyl (C=O) groups excluding carboxylic acids is 4. The standard InChI is InChI=1S/C25H16ClN3O4S/c26-13-5-8-15(9-6-13)29-24(33)20(23(32)28-25(29)34)12-27-14-7-10-18-19(11-14)22(31)17-4-2-1-3-16(17)21(18)30/h1-12,18-20H,(H,28,32,34)/t18-,19+,20+/m0/s1. The summed E-state index contributed by atoms with van der Waals surface area (Å²) in [4.78, 5) is 56.9. The Morgan fingerprint density at radius 3 is 2.26 bits per heavy atom. The molecule has 1 saturated heterocycles. The number of thiocarbonyl (C=S) groups is 1. The van der Waals surface area contributed by atoms with Crippen molar-refractivity contribution in [3.05, 3.63) is 88.6 Å². The third kappa shape index (κ3) is 3.70. The van der Waals surface area contributed by atoms with Gasteiger partial charge < -0.3 is 5.32 Å². The Kier molecular flexibility index (Phi) is 5.55. The van der Waals surface area contributed by atoms with Crippen molar-refractivity contribution in [1.29, 1.82) is 0 Å². The van der Waals surface area contributed by atoms with Gasteiger partial charge in [0.2, 0.25) is 5.91 Å². The number of nitrogens with zero attached hydrogens (tertiary/aromatic N) is 2. The summed E-state index contributed by atoms with van der Waals surface area (Å²) in [6, 6.07) is 13.2. The van der Waals surface area contributed by atoms with E-state index in [4.69, 9.17) is 23.8 Å². The molecule has 3 aliphatic rings. The van der Waals surface area contributed by atoms with Crippen LogP contribution in [0.15, 0.2) is 77.4 Å². The van der Waals surface area contributed by atoms with Crippen molar-refractivity contribution >= 4 is 64.2 Å². The minimum absolute atomic E-state index is 0.0356. The van der Waals surface area contributed by atoms with E-state index in [1.54, 1.807) is 66.8 Å². The average Bonchev–Trinajstić information content (AvgIpc) is 2.83. The molecule has 1 fully saturated rings. The number of anilines is 1. The monoisotopic (exact) mass is 489 g/mol. The molecule has 2 aliphatic carbocycles. The average molecular weight is 490 g/mol. The van der Waals surface area contributed by atoms with Crippen LogP contribution in [-0.2, 0) is 9.59 Å². The van der Waals surface area contributed by atoms with Crippen LogP contribution in [0.25, 0.3) is 0 Å². The molecule has 1 N–H and O–H groups in total. The zero-order valence-corrected chi connectivity index (χ0v) is 19.0. The predicted octanol–water partition coefficient (Wildman–Crippen LogP) is 3.54. The lowest BCUT2D eigenvalue weighted by atomic mass is 9.72. The number of Topliss-reactive ketones (excluding diaryl/α,β-unsaturated/α-hetero) is 2. The molecule has 1 aliphatic heterocycles. The van der Waals surface area contributed by atoms with Gasteiger partial charge in [0.25, 0.3) is 5.91 Å². The van der Waals surface area contributed by atoms with Crippen LogP contribution < -0.4 is 10.2 Å². The number of rotatable bonds is 3. The van der Waals surface area contributed by atoms with Crippen LogP contribution in [0.4, 0.5) is 5.69 Å². The Morgan fingerprint density at radius 2 is 1.59 bits per heavy atom. The minimum atomic E-state index is -1.22. The maximum atomic E-state index is 13.1. The third-order valence-corrected chi connectivity index (χ3v) is 6.47. The molecule has 0 bridgehead atoms. The first-order valence-corrected chi connectivity index (χ1v) is 11.2. The summed E-state index contributed by atoms with van der Waals surface area (Å²) in [7, 11) is 0. The van der Waals surface area contributed by atoms with Crippen LogP contribution in [0, 0.1) is 17.8 Å². The van der Waals surface area contributed by atoms with Gasteiger partial charge in [0.1, 0.15) is 0 Å². The first-order valence-electron chi connectivity index (χ1n) is 10.4. The summed E-state index contributed by atoms with van der Waals surface area (Å²) in [5.41, 5.74) is 1.65. The van der Waals surface area contributed by atoms with Crippen LogP contribution in [0.1, 0.15) is 20.7 Å². The second kappa shape index (κ2) is 8.55. The summed E-state index contributed by atoms with van der Waals surface area (Å²) in [5, 5.41) is 2.98. The van der Waals surface area contributed by atoms with Crippen LogP contribution in [0.3, 0.4) is 0 Å². The van der Waals surface area contributed by atoms with Gasteiger partial charge in [-0.15, -0.1) is 0 Å². The molecule has 3 atom stereocenters. The van der Waals surface area contributed by atoms with Gasteiger partial charge in [-0.3, -0.25) is 29.1 Å². The van der Waals surface area contributed by atoms with E-state index >= 15 is 0 Å². The summed E-state index contributed by atoms with van der Waals surface area (Å²) in [5.74, 6) is -3.95. The second-order valence-corrected chi connectivity index (χ2v) is 8.80.